The Labute approximate surface area is 136 Å². The van der Waals surface area contributed by atoms with Crippen molar-refractivity contribution in [2.45, 2.75) is 25.8 Å². The third-order valence-corrected chi connectivity index (χ3v) is 4.21. The minimum Gasteiger partial charge on any atom is -0.481 e. The molecule has 7 heteroatoms. The van der Waals surface area contributed by atoms with Gasteiger partial charge >= 0.3 is 5.97 Å². The van der Waals surface area contributed by atoms with Gasteiger partial charge in [-0.05, 0) is 37.0 Å². The molecule has 0 aliphatic carbocycles. The predicted molar refractivity (Wildman–Crippen MR) is 81.1 cm³/mol. The molecule has 1 amide bonds. The summed E-state index contributed by atoms with van der Waals surface area (Å²) in [6.07, 6.45) is 1.18. The molecular weight excluding hydrogens is 357 g/mol. The first-order chi connectivity index (χ1) is 10.4. The van der Waals surface area contributed by atoms with Crippen LogP contribution in [0.2, 0.25) is 0 Å². The van der Waals surface area contributed by atoms with Crippen LogP contribution in [-0.4, -0.2) is 41.1 Å². The van der Waals surface area contributed by atoms with Crippen LogP contribution in [0.25, 0.3) is 0 Å². The number of hydrogen-bond donors (Lipinski definition) is 1. The third-order valence-electron chi connectivity index (χ3n) is 3.72. The summed E-state index contributed by atoms with van der Waals surface area (Å²) < 4.78 is 19.4. The number of piperidine rings is 1. The van der Waals surface area contributed by atoms with E-state index in [-0.39, 0.29) is 18.3 Å². The van der Waals surface area contributed by atoms with Crippen molar-refractivity contribution < 1.29 is 23.8 Å². The molecule has 1 aliphatic rings. The van der Waals surface area contributed by atoms with Crippen molar-refractivity contribution in [3.05, 3.63) is 28.5 Å². The third kappa shape index (κ3) is 3.97. The van der Waals surface area contributed by atoms with Crippen molar-refractivity contribution in [3.63, 3.8) is 0 Å². The molecule has 5 nitrogen and oxygen atoms in total. The van der Waals surface area contributed by atoms with Gasteiger partial charge < -0.3 is 14.7 Å². The van der Waals surface area contributed by atoms with Crippen LogP contribution in [0, 0.1) is 11.7 Å². The number of carbonyl (C=O) groups is 2. The lowest BCUT2D eigenvalue weighted by Crippen LogP contribution is -2.51. The number of likely N-dealkylation sites (tertiary alicyclic amines) is 1. The number of carboxylic acids is 1. The fourth-order valence-electron chi connectivity index (χ4n) is 2.49. The number of aliphatic carboxylic acids is 1. The van der Waals surface area contributed by atoms with E-state index in [9.17, 15) is 19.1 Å². The number of benzene rings is 1. The first-order valence-corrected chi connectivity index (χ1v) is 7.78. The van der Waals surface area contributed by atoms with Gasteiger partial charge in [-0.1, -0.05) is 22.9 Å². The maximum atomic E-state index is 13.6. The number of nitrogens with zero attached hydrogens (tertiary/aromatic N) is 1. The van der Waals surface area contributed by atoms with Crippen LogP contribution < -0.4 is 4.74 Å². The van der Waals surface area contributed by atoms with Crippen LogP contribution >= 0.6 is 15.9 Å². The number of amides is 1. The van der Waals surface area contributed by atoms with Gasteiger partial charge in [-0.3, -0.25) is 4.79 Å². The highest BCUT2D eigenvalue weighted by atomic mass is 79.9. The molecule has 1 fully saturated rings. The summed E-state index contributed by atoms with van der Waals surface area (Å²) in [4.78, 5) is 24.8. The summed E-state index contributed by atoms with van der Waals surface area (Å²) in [5, 5.41) is 9.24. The van der Waals surface area contributed by atoms with Gasteiger partial charge in [0.05, 0.1) is 0 Å². The maximum Gasteiger partial charge on any atom is 0.326 e. The largest absolute Gasteiger partial charge is 0.481 e. The van der Waals surface area contributed by atoms with Crippen LogP contribution in [0.4, 0.5) is 4.39 Å². The van der Waals surface area contributed by atoms with E-state index >= 15 is 0 Å². The molecule has 1 N–H and O–H groups in total. The van der Waals surface area contributed by atoms with E-state index in [0.29, 0.717) is 17.4 Å². The summed E-state index contributed by atoms with van der Waals surface area (Å²) in [7, 11) is 0. The Morgan fingerprint density at radius 2 is 2.23 bits per heavy atom. The van der Waals surface area contributed by atoms with Gasteiger partial charge in [0.2, 0.25) is 0 Å². The minimum atomic E-state index is -1.02. The van der Waals surface area contributed by atoms with Crippen LogP contribution in [0.5, 0.6) is 5.75 Å². The molecule has 0 bridgehead atoms. The highest BCUT2D eigenvalue weighted by Crippen LogP contribution is 2.24. The lowest BCUT2D eigenvalue weighted by molar-refractivity contribution is -0.153. The van der Waals surface area contributed by atoms with E-state index in [1.165, 1.54) is 17.0 Å². The normalized spacial score (nSPS) is 21.5. The highest BCUT2D eigenvalue weighted by Gasteiger charge is 2.34. The maximum absolute atomic E-state index is 13.6. The standard InChI is InChI=1S/C15H17BrFNO4/c1-9-4-5-18(12(6-9)15(20)21)14(19)8-22-13-3-2-10(16)7-11(13)17/h2-3,7,9,12H,4-6,8H2,1H3,(H,20,21). The lowest BCUT2D eigenvalue weighted by atomic mass is 9.92. The van der Waals surface area contributed by atoms with E-state index in [1.807, 2.05) is 6.92 Å². The lowest BCUT2D eigenvalue weighted by Gasteiger charge is -2.35. The van der Waals surface area contributed by atoms with Crippen molar-refractivity contribution in [2.75, 3.05) is 13.2 Å². The topological polar surface area (TPSA) is 66.8 Å². The molecule has 1 heterocycles. The summed E-state index contributed by atoms with van der Waals surface area (Å²) in [5.74, 6) is -1.82. The van der Waals surface area contributed by atoms with Gasteiger partial charge in [-0.15, -0.1) is 0 Å². The molecule has 1 aliphatic heterocycles. The average molecular weight is 374 g/mol. The number of halogens is 2. The van der Waals surface area contributed by atoms with Gasteiger partial charge in [0.1, 0.15) is 6.04 Å². The highest BCUT2D eigenvalue weighted by molar-refractivity contribution is 9.10. The number of ether oxygens (including phenoxy) is 1. The second-order valence-corrected chi connectivity index (χ2v) is 6.35. The van der Waals surface area contributed by atoms with Crippen molar-refractivity contribution in [2.24, 2.45) is 5.92 Å². The fraction of sp³-hybridized carbons (Fsp3) is 0.467. The molecule has 0 radical (unpaired) electrons. The molecule has 22 heavy (non-hydrogen) atoms. The van der Waals surface area contributed by atoms with Gasteiger partial charge in [0.25, 0.3) is 5.91 Å². The quantitative estimate of drug-likeness (QED) is 0.880. The smallest absolute Gasteiger partial charge is 0.326 e. The summed E-state index contributed by atoms with van der Waals surface area (Å²) in [6.45, 7) is 1.96. The van der Waals surface area contributed by atoms with Crippen LogP contribution in [0.1, 0.15) is 19.8 Å². The van der Waals surface area contributed by atoms with Crippen LogP contribution in [-0.2, 0) is 9.59 Å². The average Bonchev–Trinajstić information content (AvgIpc) is 2.45. The summed E-state index contributed by atoms with van der Waals surface area (Å²) in [6, 6.07) is 3.42. The Hall–Kier alpha value is -1.63. The Morgan fingerprint density at radius 1 is 1.50 bits per heavy atom. The van der Waals surface area contributed by atoms with E-state index in [2.05, 4.69) is 15.9 Å². The van der Waals surface area contributed by atoms with Crippen molar-refractivity contribution >= 4 is 27.8 Å². The second-order valence-electron chi connectivity index (χ2n) is 5.43. The fourth-order valence-corrected chi connectivity index (χ4v) is 2.82. The van der Waals surface area contributed by atoms with E-state index < -0.39 is 23.7 Å². The minimum absolute atomic E-state index is 0.0335. The molecule has 0 saturated carbocycles. The summed E-state index contributed by atoms with van der Waals surface area (Å²) >= 11 is 3.13. The van der Waals surface area contributed by atoms with Gasteiger partial charge in [-0.25, -0.2) is 9.18 Å². The molecule has 120 valence electrons. The molecule has 0 aromatic heterocycles. The number of rotatable bonds is 4. The molecule has 2 unspecified atom stereocenters. The molecule has 1 aromatic carbocycles. The molecular formula is C15H17BrFNO4. The Kier molecular flexibility index (Phi) is 5.39. The zero-order valence-corrected chi connectivity index (χ0v) is 13.7. The van der Waals surface area contributed by atoms with Crippen LogP contribution in [0.3, 0.4) is 0 Å². The molecule has 1 aromatic rings. The van der Waals surface area contributed by atoms with Gasteiger partial charge in [0, 0.05) is 11.0 Å². The monoisotopic (exact) mass is 373 g/mol. The second kappa shape index (κ2) is 7.09. The Balaban J connectivity index is 2.00. The van der Waals surface area contributed by atoms with Crippen LogP contribution in [0.15, 0.2) is 22.7 Å². The predicted octanol–water partition coefficient (Wildman–Crippen LogP) is 2.68. The number of carbonyl (C=O) groups excluding carboxylic acids is 1. The zero-order chi connectivity index (χ0) is 16.3. The number of hydrogen-bond acceptors (Lipinski definition) is 3. The van der Waals surface area contributed by atoms with Gasteiger partial charge in [-0.2, -0.15) is 0 Å². The van der Waals surface area contributed by atoms with E-state index in [0.717, 1.165) is 6.42 Å². The first-order valence-electron chi connectivity index (χ1n) is 6.98. The zero-order valence-electron chi connectivity index (χ0n) is 12.1. The molecule has 2 rings (SSSR count). The van der Waals surface area contributed by atoms with Crippen molar-refractivity contribution in [1.29, 1.82) is 0 Å². The number of carboxylic acid groups (broad SMARTS) is 1. The van der Waals surface area contributed by atoms with Gasteiger partial charge in [0.15, 0.2) is 18.2 Å². The summed E-state index contributed by atoms with van der Waals surface area (Å²) in [5.41, 5.74) is 0. The Bertz CT molecular complexity index is 581. The van der Waals surface area contributed by atoms with Crippen molar-refractivity contribution in [1.82, 2.24) is 4.90 Å². The van der Waals surface area contributed by atoms with Crippen molar-refractivity contribution in [3.8, 4) is 5.75 Å². The molecule has 1 saturated heterocycles. The van der Waals surface area contributed by atoms with E-state index in [1.54, 1.807) is 6.07 Å². The molecule has 0 spiro atoms. The molecule has 2 atom stereocenters. The SMILES string of the molecule is CC1CCN(C(=O)COc2ccc(Br)cc2F)C(C(=O)O)C1. The first kappa shape index (κ1) is 16.7. The Morgan fingerprint density at radius 3 is 2.86 bits per heavy atom. The van der Waals surface area contributed by atoms with E-state index in [4.69, 9.17) is 4.74 Å².